The molecular formula is C14H18N2O3. The maximum atomic E-state index is 12.1. The van der Waals surface area contributed by atoms with Crippen molar-refractivity contribution in [3.05, 3.63) is 24.2 Å². The summed E-state index contributed by atoms with van der Waals surface area (Å²) in [5.74, 6) is 0.489. The molecule has 19 heavy (non-hydrogen) atoms. The molecule has 1 spiro atoms. The molecule has 1 aromatic heterocycles. The molecular weight excluding hydrogens is 244 g/mol. The predicted molar refractivity (Wildman–Crippen MR) is 68.6 cm³/mol. The van der Waals surface area contributed by atoms with Crippen LogP contribution >= 0.6 is 0 Å². The number of amides is 2. The molecule has 5 heteroatoms. The highest BCUT2D eigenvalue weighted by atomic mass is 16.3. The number of rotatable bonds is 1. The van der Waals surface area contributed by atoms with Crippen LogP contribution in [-0.2, 0) is 4.79 Å². The topological polar surface area (TPSA) is 62.6 Å². The van der Waals surface area contributed by atoms with Crippen molar-refractivity contribution in [2.24, 2.45) is 0 Å². The van der Waals surface area contributed by atoms with Gasteiger partial charge in [0, 0.05) is 25.0 Å². The Morgan fingerprint density at radius 3 is 2.74 bits per heavy atom. The summed E-state index contributed by atoms with van der Waals surface area (Å²) in [5.41, 5.74) is -0.0741. The summed E-state index contributed by atoms with van der Waals surface area (Å²) in [6, 6.07) is 3.41. The second kappa shape index (κ2) is 4.72. The summed E-state index contributed by atoms with van der Waals surface area (Å²) < 4.78 is 5.14. The fraction of sp³-hybridized carbons (Fsp3) is 0.571. The van der Waals surface area contributed by atoms with E-state index in [-0.39, 0.29) is 17.4 Å². The zero-order valence-electron chi connectivity index (χ0n) is 10.9. The lowest BCUT2D eigenvalue weighted by atomic mass is 9.80. The maximum Gasteiger partial charge on any atom is 0.289 e. The minimum atomic E-state index is -0.0741. The zero-order chi connectivity index (χ0) is 13.3. The van der Waals surface area contributed by atoms with Crippen molar-refractivity contribution in [3.8, 4) is 0 Å². The largest absolute Gasteiger partial charge is 0.459 e. The highest BCUT2D eigenvalue weighted by Crippen LogP contribution is 2.31. The monoisotopic (exact) mass is 262 g/mol. The molecule has 102 valence electrons. The minimum Gasteiger partial charge on any atom is -0.459 e. The number of hydrogen-bond acceptors (Lipinski definition) is 3. The van der Waals surface area contributed by atoms with Crippen molar-refractivity contribution in [2.75, 3.05) is 13.1 Å². The second-order valence-electron chi connectivity index (χ2n) is 5.45. The fourth-order valence-electron chi connectivity index (χ4n) is 3.08. The van der Waals surface area contributed by atoms with Gasteiger partial charge in [-0.2, -0.15) is 0 Å². The maximum absolute atomic E-state index is 12.1. The van der Waals surface area contributed by atoms with Gasteiger partial charge in [-0.25, -0.2) is 0 Å². The Kier molecular flexibility index (Phi) is 3.05. The molecule has 0 aliphatic carbocycles. The van der Waals surface area contributed by atoms with Gasteiger partial charge in [-0.15, -0.1) is 0 Å². The van der Waals surface area contributed by atoms with Crippen LogP contribution < -0.4 is 5.32 Å². The van der Waals surface area contributed by atoms with Crippen molar-refractivity contribution >= 4 is 11.8 Å². The summed E-state index contributed by atoms with van der Waals surface area (Å²) in [7, 11) is 0. The van der Waals surface area contributed by atoms with Crippen LogP contribution in [0.5, 0.6) is 0 Å². The molecule has 0 saturated carbocycles. The van der Waals surface area contributed by atoms with E-state index in [1.165, 1.54) is 6.26 Å². The van der Waals surface area contributed by atoms with Gasteiger partial charge in [-0.05, 0) is 37.8 Å². The van der Waals surface area contributed by atoms with E-state index < -0.39 is 0 Å². The third-order valence-corrected chi connectivity index (χ3v) is 4.20. The highest BCUT2D eigenvalue weighted by Gasteiger charge is 2.39. The van der Waals surface area contributed by atoms with Crippen LogP contribution in [0, 0.1) is 0 Å². The summed E-state index contributed by atoms with van der Waals surface area (Å²) in [5, 5.41) is 3.13. The van der Waals surface area contributed by atoms with E-state index in [9.17, 15) is 9.59 Å². The third kappa shape index (κ3) is 2.37. The predicted octanol–water partition coefficient (Wildman–Crippen LogP) is 1.55. The summed E-state index contributed by atoms with van der Waals surface area (Å²) in [6.45, 7) is 1.36. The highest BCUT2D eigenvalue weighted by molar-refractivity contribution is 5.91. The van der Waals surface area contributed by atoms with E-state index in [1.807, 2.05) is 4.90 Å². The van der Waals surface area contributed by atoms with Crippen LogP contribution in [0.4, 0.5) is 0 Å². The molecule has 0 aromatic carbocycles. The average Bonchev–Trinajstić information content (AvgIpc) is 2.92. The lowest BCUT2D eigenvalue weighted by Gasteiger charge is -2.44. The third-order valence-electron chi connectivity index (χ3n) is 4.20. The van der Waals surface area contributed by atoms with Crippen molar-refractivity contribution in [3.63, 3.8) is 0 Å². The van der Waals surface area contributed by atoms with E-state index in [2.05, 4.69) is 5.32 Å². The second-order valence-corrected chi connectivity index (χ2v) is 5.45. The zero-order valence-corrected chi connectivity index (χ0v) is 10.9. The molecule has 1 aromatic rings. The Hall–Kier alpha value is -1.78. The van der Waals surface area contributed by atoms with Crippen LogP contribution in [0.25, 0.3) is 0 Å². The molecule has 0 unspecified atom stereocenters. The Morgan fingerprint density at radius 1 is 1.32 bits per heavy atom. The van der Waals surface area contributed by atoms with Gasteiger partial charge in [0.15, 0.2) is 5.76 Å². The van der Waals surface area contributed by atoms with Crippen molar-refractivity contribution in [1.29, 1.82) is 0 Å². The van der Waals surface area contributed by atoms with Crippen LogP contribution in [0.1, 0.15) is 42.7 Å². The minimum absolute atomic E-state index is 0.0537. The fourth-order valence-corrected chi connectivity index (χ4v) is 3.08. The number of likely N-dealkylation sites (tertiary alicyclic amines) is 1. The van der Waals surface area contributed by atoms with Gasteiger partial charge < -0.3 is 14.6 Å². The first-order valence-corrected chi connectivity index (χ1v) is 6.82. The molecule has 0 atom stereocenters. The van der Waals surface area contributed by atoms with Crippen LogP contribution in [-0.4, -0.2) is 35.3 Å². The molecule has 3 rings (SSSR count). The van der Waals surface area contributed by atoms with Gasteiger partial charge in [0.1, 0.15) is 0 Å². The van der Waals surface area contributed by atoms with Crippen molar-refractivity contribution in [1.82, 2.24) is 10.2 Å². The molecule has 2 amide bonds. The standard InChI is InChI=1S/C14H18N2O3/c17-12-4-1-5-14(15-12)6-8-16(9-7-14)13(18)11-3-2-10-19-11/h2-3,10H,1,4-9H2,(H,15,17). The van der Waals surface area contributed by atoms with Crippen molar-refractivity contribution < 1.29 is 14.0 Å². The molecule has 2 fully saturated rings. The average molecular weight is 262 g/mol. The molecule has 2 aliphatic rings. The number of piperidine rings is 2. The van der Waals surface area contributed by atoms with Gasteiger partial charge >= 0.3 is 0 Å². The van der Waals surface area contributed by atoms with Gasteiger partial charge in [-0.1, -0.05) is 0 Å². The van der Waals surface area contributed by atoms with E-state index in [0.29, 0.717) is 25.3 Å². The quantitative estimate of drug-likeness (QED) is 0.835. The van der Waals surface area contributed by atoms with E-state index in [0.717, 1.165) is 25.7 Å². The lowest BCUT2D eigenvalue weighted by Crippen LogP contribution is -2.57. The Labute approximate surface area is 111 Å². The van der Waals surface area contributed by atoms with Gasteiger partial charge in [-0.3, -0.25) is 9.59 Å². The van der Waals surface area contributed by atoms with E-state index in [4.69, 9.17) is 4.42 Å². The molecule has 0 bridgehead atoms. The molecule has 0 radical (unpaired) electrons. The Balaban J connectivity index is 1.63. The first-order chi connectivity index (χ1) is 9.19. The molecule has 5 nitrogen and oxygen atoms in total. The summed E-state index contributed by atoms with van der Waals surface area (Å²) in [6.07, 6.45) is 5.81. The molecule has 3 heterocycles. The molecule has 2 saturated heterocycles. The number of nitrogens with one attached hydrogen (secondary N) is 1. The Morgan fingerprint density at radius 2 is 2.11 bits per heavy atom. The van der Waals surface area contributed by atoms with Crippen LogP contribution in [0.3, 0.4) is 0 Å². The lowest BCUT2D eigenvalue weighted by molar-refractivity contribution is -0.125. The number of carbonyl (C=O) groups is 2. The van der Waals surface area contributed by atoms with E-state index in [1.54, 1.807) is 12.1 Å². The Bertz CT molecular complexity index is 473. The summed E-state index contributed by atoms with van der Waals surface area (Å²) in [4.78, 5) is 25.5. The summed E-state index contributed by atoms with van der Waals surface area (Å²) >= 11 is 0. The number of carbonyl (C=O) groups excluding carboxylic acids is 2. The van der Waals surface area contributed by atoms with Crippen LogP contribution in [0.15, 0.2) is 22.8 Å². The molecule has 1 N–H and O–H groups in total. The molecule has 2 aliphatic heterocycles. The number of nitrogens with zero attached hydrogens (tertiary/aromatic N) is 1. The number of furan rings is 1. The van der Waals surface area contributed by atoms with Gasteiger partial charge in [0.05, 0.1) is 6.26 Å². The normalized spacial score (nSPS) is 22.3. The first kappa shape index (κ1) is 12.3. The van der Waals surface area contributed by atoms with Crippen LogP contribution in [0.2, 0.25) is 0 Å². The smallest absolute Gasteiger partial charge is 0.289 e. The van der Waals surface area contributed by atoms with Gasteiger partial charge in [0.2, 0.25) is 5.91 Å². The van der Waals surface area contributed by atoms with Crippen molar-refractivity contribution in [2.45, 2.75) is 37.6 Å². The number of hydrogen-bond donors (Lipinski definition) is 1. The SMILES string of the molecule is O=C1CCCC2(CCN(C(=O)c3ccco3)CC2)N1. The first-order valence-electron chi connectivity index (χ1n) is 6.82. The van der Waals surface area contributed by atoms with Gasteiger partial charge in [0.25, 0.3) is 5.91 Å². The van der Waals surface area contributed by atoms with E-state index >= 15 is 0 Å².